The average molecular weight is 284 g/mol. The van der Waals surface area contributed by atoms with Crippen molar-refractivity contribution >= 4 is 0 Å². The van der Waals surface area contributed by atoms with E-state index < -0.39 is 6.36 Å². The Morgan fingerprint density at radius 2 is 1.95 bits per heavy atom. The molecule has 20 heavy (non-hydrogen) atoms. The first-order valence-corrected chi connectivity index (χ1v) is 6.03. The fourth-order valence-corrected chi connectivity index (χ4v) is 2.17. The molecule has 2 aromatic rings. The zero-order valence-corrected chi connectivity index (χ0v) is 10.3. The Hall–Kier alpha value is -2.02. The molecule has 0 atom stereocenters. The van der Waals surface area contributed by atoms with Crippen LogP contribution >= 0.6 is 0 Å². The molecule has 1 N–H and O–H groups in total. The Morgan fingerprint density at radius 3 is 2.65 bits per heavy atom. The van der Waals surface area contributed by atoms with Crippen molar-refractivity contribution in [2.75, 3.05) is 6.61 Å². The van der Waals surface area contributed by atoms with Gasteiger partial charge in [-0.05, 0) is 24.3 Å². The highest BCUT2D eigenvalue weighted by atomic mass is 19.4. The SMILES string of the molecule is FC(F)(F)Oc1ccc(-c2n[nH]c3c2COCC3)cc1. The van der Waals surface area contributed by atoms with E-state index in [0.29, 0.717) is 18.9 Å². The maximum absolute atomic E-state index is 12.1. The van der Waals surface area contributed by atoms with Crippen molar-refractivity contribution in [1.29, 1.82) is 0 Å². The number of hydrogen-bond acceptors (Lipinski definition) is 3. The second-order valence-corrected chi connectivity index (χ2v) is 4.40. The van der Waals surface area contributed by atoms with E-state index in [1.54, 1.807) is 12.1 Å². The van der Waals surface area contributed by atoms with Gasteiger partial charge in [-0.3, -0.25) is 5.10 Å². The van der Waals surface area contributed by atoms with Crippen molar-refractivity contribution in [2.24, 2.45) is 0 Å². The molecule has 1 aromatic carbocycles. The fourth-order valence-electron chi connectivity index (χ4n) is 2.17. The van der Waals surface area contributed by atoms with Crippen LogP contribution in [-0.2, 0) is 17.8 Å². The highest BCUT2D eigenvalue weighted by Gasteiger charge is 2.31. The van der Waals surface area contributed by atoms with E-state index >= 15 is 0 Å². The van der Waals surface area contributed by atoms with Crippen molar-refractivity contribution in [1.82, 2.24) is 10.2 Å². The summed E-state index contributed by atoms with van der Waals surface area (Å²) in [5.41, 5.74) is 3.41. The van der Waals surface area contributed by atoms with Crippen molar-refractivity contribution in [3.8, 4) is 17.0 Å². The van der Waals surface area contributed by atoms with E-state index in [9.17, 15) is 13.2 Å². The van der Waals surface area contributed by atoms with Gasteiger partial charge in [-0.15, -0.1) is 13.2 Å². The third-order valence-corrected chi connectivity index (χ3v) is 3.06. The molecule has 7 heteroatoms. The number of aromatic nitrogens is 2. The van der Waals surface area contributed by atoms with Crippen LogP contribution < -0.4 is 4.74 Å². The van der Waals surface area contributed by atoms with Crippen molar-refractivity contribution in [3.63, 3.8) is 0 Å². The number of nitrogens with zero attached hydrogens (tertiary/aromatic N) is 1. The molecular weight excluding hydrogens is 273 g/mol. The number of hydrogen-bond donors (Lipinski definition) is 1. The predicted molar refractivity (Wildman–Crippen MR) is 64.1 cm³/mol. The van der Waals surface area contributed by atoms with Crippen LogP contribution in [0.3, 0.4) is 0 Å². The summed E-state index contributed by atoms with van der Waals surface area (Å²) in [7, 11) is 0. The van der Waals surface area contributed by atoms with Gasteiger partial charge in [0.05, 0.1) is 18.9 Å². The largest absolute Gasteiger partial charge is 0.573 e. The Balaban J connectivity index is 1.86. The number of ether oxygens (including phenoxy) is 2. The molecule has 1 aliphatic rings. The monoisotopic (exact) mass is 284 g/mol. The molecule has 2 heterocycles. The normalized spacial score (nSPS) is 14.9. The topological polar surface area (TPSA) is 47.1 Å². The predicted octanol–water partition coefficient (Wildman–Crippen LogP) is 3.05. The van der Waals surface area contributed by atoms with E-state index in [4.69, 9.17) is 4.74 Å². The van der Waals surface area contributed by atoms with Gasteiger partial charge in [-0.1, -0.05) is 0 Å². The standard InChI is InChI=1S/C13H11F3N2O2/c14-13(15,16)20-9-3-1-8(2-4-9)12-10-7-19-6-5-11(10)17-18-12/h1-4H,5-7H2,(H,17,18). The number of nitrogens with one attached hydrogen (secondary N) is 1. The number of rotatable bonds is 2. The molecule has 0 bridgehead atoms. The second-order valence-electron chi connectivity index (χ2n) is 4.40. The Morgan fingerprint density at radius 1 is 1.20 bits per heavy atom. The van der Waals surface area contributed by atoms with Crippen LogP contribution in [0.4, 0.5) is 13.2 Å². The van der Waals surface area contributed by atoms with Gasteiger partial charge in [0, 0.05) is 23.2 Å². The molecule has 4 nitrogen and oxygen atoms in total. The summed E-state index contributed by atoms with van der Waals surface area (Å²) in [5, 5.41) is 7.14. The van der Waals surface area contributed by atoms with Crippen molar-refractivity contribution < 1.29 is 22.6 Å². The Bertz CT molecular complexity index is 605. The molecule has 0 spiro atoms. The van der Waals surface area contributed by atoms with Crippen LogP contribution in [0.2, 0.25) is 0 Å². The zero-order valence-electron chi connectivity index (χ0n) is 10.3. The second kappa shape index (κ2) is 4.82. The molecule has 0 unspecified atom stereocenters. The first-order valence-electron chi connectivity index (χ1n) is 6.03. The quantitative estimate of drug-likeness (QED) is 0.922. The summed E-state index contributed by atoms with van der Waals surface area (Å²) < 4.78 is 45.5. The van der Waals surface area contributed by atoms with E-state index in [-0.39, 0.29) is 5.75 Å². The number of halogens is 3. The minimum absolute atomic E-state index is 0.248. The molecular formula is C13H11F3N2O2. The van der Waals surface area contributed by atoms with E-state index in [0.717, 1.165) is 23.2 Å². The van der Waals surface area contributed by atoms with Gasteiger partial charge in [0.15, 0.2) is 0 Å². The van der Waals surface area contributed by atoms with Gasteiger partial charge < -0.3 is 9.47 Å². The molecule has 106 valence electrons. The summed E-state index contributed by atoms with van der Waals surface area (Å²) in [5.74, 6) is -0.248. The maximum Gasteiger partial charge on any atom is 0.573 e. The van der Waals surface area contributed by atoms with Crippen LogP contribution in [0.25, 0.3) is 11.3 Å². The minimum Gasteiger partial charge on any atom is -0.406 e. The molecule has 0 saturated heterocycles. The number of fused-ring (bicyclic) bond motifs is 1. The first-order chi connectivity index (χ1) is 9.53. The lowest BCUT2D eigenvalue weighted by atomic mass is 10.0. The van der Waals surface area contributed by atoms with Gasteiger partial charge in [0.25, 0.3) is 0 Å². The van der Waals surface area contributed by atoms with Crippen LogP contribution in [0.1, 0.15) is 11.3 Å². The van der Waals surface area contributed by atoms with Gasteiger partial charge in [0.2, 0.25) is 0 Å². The van der Waals surface area contributed by atoms with Crippen molar-refractivity contribution in [3.05, 3.63) is 35.5 Å². The van der Waals surface area contributed by atoms with E-state index in [2.05, 4.69) is 14.9 Å². The average Bonchev–Trinajstić information content (AvgIpc) is 2.82. The minimum atomic E-state index is -4.68. The maximum atomic E-state index is 12.1. The van der Waals surface area contributed by atoms with Gasteiger partial charge in [-0.2, -0.15) is 5.10 Å². The van der Waals surface area contributed by atoms with E-state index in [1.807, 2.05) is 0 Å². The lowest BCUT2D eigenvalue weighted by Gasteiger charge is -2.13. The van der Waals surface area contributed by atoms with E-state index in [1.165, 1.54) is 12.1 Å². The zero-order chi connectivity index (χ0) is 14.2. The molecule has 0 radical (unpaired) electrons. The van der Waals surface area contributed by atoms with Crippen LogP contribution in [0, 0.1) is 0 Å². The number of alkyl halides is 3. The molecule has 0 amide bonds. The lowest BCUT2D eigenvalue weighted by molar-refractivity contribution is -0.274. The summed E-state index contributed by atoms with van der Waals surface area (Å²) in [4.78, 5) is 0. The third-order valence-electron chi connectivity index (χ3n) is 3.06. The lowest BCUT2D eigenvalue weighted by Crippen LogP contribution is -2.16. The Labute approximate surface area is 112 Å². The number of aromatic amines is 1. The summed E-state index contributed by atoms with van der Waals surface area (Å²) in [6, 6.07) is 5.64. The fraction of sp³-hybridized carbons (Fsp3) is 0.308. The number of benzene rings is 1. The molecule has 0 aliphatic carbocycles. The summed E-state index contributed by atoms with van der Waals surface area (Å²) in [6.07, 6.45) is -3.92. The van der Waals surface area contributed by atoms with Crippen LogP contribution in [0.15, 0.2) is 24.3 Å². The number of H-pyrrole nitrogens is 1. The van der Waals surface area contributed by atoms with Crippen LogP contribution in [0.5, 0.6) is 5.75 Å². The van der Waals surface area contributed by atoms with Gasteiger partial charge >= 0.3 is 6.36 Å². The molecule has 3 rings (SSSR count). The van der Waals surface area contributed by atoms with Gasteiger partial charge in [-0.25, -0.2) is 0 Å². The molecule has 0 fully saturated rings. The molecule has 1 aromatic heterocycles. The highest BCUT2D eigenvalue weighted by molar-refractivity contribution is 5.64. The van der Waals surface area contributed by atoms with Crippen LogP contribution in [-0.4, -0.2) is 23.2 Å². The van der Waals surface area contributed by atoms with Crippen molar-refractivity contribution in [2.45, 2.75) is 19.4 Å². The summed E-state index contributed by atoms with van der Waals surface area (Å²) >= 11 is 0. The van der Waals surface area contributed by atoms with Gasteiger partial charge in [0.1, 0.15) is 5.75 Å². The third kappa shape index (κ3) is 2.62. The Kier molecular flexibility index (Phi) is 3.13. The first kappa shape index (κ1) is 13.0. The smallest absolute Gasteiger partial charge is 0.406 e. The molecule has 0 saturated carbocycles. The highest BCUT2D eigenvalue weighted by Crippen LogP contribution is 2.30. The summed E-state index contributed by atoms with van der Waals surface area (Å²) in [6.45, 7) is 1.11. The molecule has 1 aliphatic heterocycles.